The van der Waals surface area contributed by atoms with Crippen LogP contribution in [0.3, 0.4) is 0 Å². The molecule has 0 radical (unpaired) electrons. The van der Waals surface area contributed by atoms with Crippen LogP contribution < -0.4 is 5.56 Å². The van der Waals surface area contributed by atoms with Crippen LogP contribution in [0.1, 0.15) is 42.6 Å². The first-order valence-electron chi connectivity index (χ1n) is 6.02. The lowest BCUT2D eigenvalue weighted by Gasteiger charge is -2.10. The zero-order chi connectivity index (χ0) is 11.1. The third-order valence-electron chi connectivity index (χ3n) is 3.55. The normalized spacial score (nSPS) is 26.2. The molecule has 1 atom stereocenters. The second-order valence-corrected chi connectivity index (χ2v) is 5.08. The number of hydrogen-bond acceptors (Lipinski definition) is 3. The first-order chi connectivity index (χ1) is 7.72. The Hall–Kier alpha value is -1.16. The predicted octanol–water partition coefficient (Wildman–Crippen LogP) is 1.07. The Bertz CT molecular complexity index is 450. The highest BCUT2D eigenvalue weighted by atomic mass is 16.1. The molecule has 4 heteroatoms. The summed E-state index contributed by atoms with van der Waals surface area (Å²) in [5.41, 5.74) is 1.01. The molecule has 16 heavy (non-hydrogen) atoms. The molecular weight excluding hydrogens is 202 g/mol. The van der Waals surface area contributed by atoms with Crippen molar-refractivity contribution in [1.82, 2.24) is 14.9 Å². The smallest absolute Gasteiger partial charge is 0.251 e. The SMILES string of the molecule is CN1CCC(c2cc(=O)[nH]c(C3CC3)n2)C1. The van der Waals surface area contributed by atoms with Gasteiger partial charge in [-0.05, 0) is 32.9 Å². The van der Waals surface area contributed by atoms with Crippen LogP contribution in [0.2, 0.25) is 0 Å². The Kier molecular flexibility index (Phi) is 2.32. The van der Waals surface area contributed by atoms with E-state index in [0.717, 1.165) is 31.0 Å². The second kappa shape index (κ2) is 3.70. The summed E-state index contributed by atoms with van der Waals surface area (Å²) < 4.78 is 0. The summed E-state index contributed by atoms with van der Waals surface area (Å²) in [6.07, 6.45) is 3.48. The van der Waals surface area contributed by atoms with Gasteiger partial charge in [-0.3, -0.25) is 4.79 Å². The molecule has 86 valence electrons. The van der Waals surface area contributed by atoms with Gasteiger partial charge in [-0.1, -0.05) is 0 Å². The Labute approximate surface area is 94.7 Å². The van der Waals surface area contributed by atoms with Crippen molar-refractivity contribution < 1.29 is 0 Å². The van der Waals surface area contributed by atoms with Crippen LogP contribution in [0.5, 0.6) is 0 Å². The summed E-state index contributed by atoms with van der Waals surface area (Å²) in [7, 11) is 2.12. The Balaban J connectivity index is 1.91. The van der Waals surface area contributed by atoms with Gasteiger partial charge in [0.2, 0.25) is 0 Å². The van der Waals surface area contributed by atoms with Crippen molar-refractivity contribution in [2.45, 2.75) is 31.1 Å². The number of likely N-dealkylation sites (N-methyl/N-ethyl adjacent to an activating group) is 1. The molecule has 0 amide bonds. The van der Waals surface area contributed by atoms with Gasteiger partial charge in [0.25, 0.3) is 5.56 Å². The Morgan fingerprint density at radius 1 is 1.38 bits per heavy atom. The molecule has 4 nitrogen and oxygen atoms in total. The lowest BCUT2D eigenvalue weighted by Crippen LogP contribution is -2.17. The molecule has 0 spiro atoms. The van der Waals surface area contributed by atoms with Crippen molar-refractivity contribution in [3.05, 3.63) is 27.9 Å². The lowest BCUT2D eigenvalue weighted by molar-refractivity contribution is 0.410. The molecular formula is C12H17N3O. The van der Waals surface area contributed by atoms with E-state index in [1.807, 2.05) is 0 Å². The molecule has 2 fully saturated rings. The van der Waals surface area contributed by atoms with Crippen molar-refractivity contribution in [3.63, 3.8) is 0 Å². The molecule has 1 unspecified atom stereocenters. The predicted molar refractivity (Wildman–Crippen MR) is 61.7 cm³/mol. The maximum absolute atomic E-state index is 11.6. The number of hydrogen-bond donors (Lipinski definition) is 1. The van der Waals surface area contributed by atoms with Crippen LogP contribution in [0.4, 0.5) is 0 Å². The maximum Gasteiger partial charge on any atom is 0.251 e. The van der Waals surface area contributed by atoms with Gasteiger partial charge in [0.1, 0.15) is 5.82 Å². The van der Waals surface area contributed by atoms with Crippen LogP contribution >= 0.6 is 0 Å². The molecule has 0 bridgehead atoms. The van der Waals surface area contributed by atoms with Crippen molar-refractivity contribution in [3.8, 4) is 0 Å². The standard InChI is InChI=1S/C12H17N3O/c1-15-5-4-9(7-15)10-6-11(16)14-12(13-10)8-2-3-8/h6,8-9H,2-5,7H2,1H3,(H,13,14,16). The average Bonchev–Trinajstić information content (AvgIpc) is 3.01. The lowest BCUT2D eigenvalue weighted by atomic mass is 10.0. The van der Waals surface area contributed by atoms with Crippen LogP contribution in [0, 0.1) is 0 Å². The summed E-state index contributed by atoms with van der Waals surface area (Å²) in [4.78, 5) is 21.4. The monoisotopic (exact) mass is 219 g/mol. The van der Waals surface area contributed by atoms with Crippen LogP contribution in [0.25, 0.3) is 0 Å². The van der Waals surface area contributed by atoms with Gasteiger partial charge in [0.05, 0.1) is 5.69 Å². The minimum atomic E-state index is 0.0152. The minimum Gasteiger partial charge on any atom is -0.310 e. The van der Waals surface area contributed by atoms with Gasteiger partial charge in [-0.25, -0.2) is 4.98 Å². The van der Waals surface area contributed by atoms with Crippen molar-refractivity contribution in [2.24, 2.45) is 0 Å². The van der Waals surface area contributed by atoms with Gasteiger partial charge in [0.15, 0.2) is 0 Å². The van der Waals surface area contributed by atoms with Gasteiger partial charge in [-0.15, -0.1) is 0 Å². The van der Waals surface area contributed by atoms with E-state index in [0.29, 0.717) is 11.8 Å². The summed E-state index contributed by atoms with van der Waals surface area (Å²) in [5.74, 6) is 1.88. The molecule has 1 saturated carbocycles. The average molecular weight is 219 g/mol. The second-order valence-electron chi connectivity index (χ2n) is 5.08. The van der Waals surface area contributed by atoms with Crippen LogP contribution in [-0.2, 0) is 0 Å². The fourth-order valence-corrected chi connectivity index (χ4v) is 2.43. The molecule has 3 rings (SSSR count). The van der Waals surface area contributed by atoms with Crippen LogP contribution in [0.15, 0.2) is 10.9 Å². The van der Waals surface area contributed by atoms with Crippen molar-refractivity contribution in [1.29, 1.82) is 0 Å². The number of nitrogens with one attached hydrogen (secondary N) is 1. The van der Waals surface area contributed by atoms with Crippen LogP contribution in [-0.4, -0.2) is 35.0 Å². The number of likely N-dealkylation sites (tertiary alicyclic amines) is 1. The van der Waals surface area contributed by atoms with Crippen molar-refractivity contribution in [2.75, 3.05) is 20.1 Å². The number of nitrogens with zero attached hydrogens (tertiary/aromatic N) is 2. The fourth-order valence-electron chi connectivity index (χ4n) is 2.43. The molecule has 1 aliphatic heterocycles. The summed E-state index contributed by atoms with van der Waals surface area (Å²) in [6, 6.07) is 1.68. The Morgan fingerprint density at radius 2 is 2.19 bits per heavy atom. The van der Waals surface area contributed by atoms with Gasteiger partial charge < -0.3 is 9.88 Å². The number of rotatable bonds is 2. The molecule has 1 saturated heterocycles. The number of aromatic amines is 1. The summed E-state index contributed by atoms with van der Waals surface area (Å²) in [5, 5.41) is 0. The molecule has 0 aromatic carbocycles. The highest BCUT2D eigenvalue weighted by Gasteiger charge is 2.28. The fraction of sp³-hybridized carbons (Fsp3) is 0.667. The molecule has 1 aliphatic carbocycles. The highest BCUT2D eigenvalue weighted by molar-refractivity contribution is 5.15. The molecule has 2 aliphatic rings. The van der Waals surface area contributed by atoms with E-state index >= 15 is 0 Å². The number of aromatic nitrogens is 2. The van der Waals surface area contributed by atoms with E-state index in [1.165, 1.54) is 12.8 Å². The van der Waals surface area contributed by atoms with E-state index in [9.17, 15) is 4.79 Å². The molecule has 1 N–H and O–H groups in total. The van der Waals surface area contributed by atoms with E-state index in [4.69, 9.17) is 0 Å². The van der Waals surface area contributed by atoms with E-state index in [1.54, 1.807) is 6.07 Å². The molecule has 1 aromatic heterocycles. The first-order valence-corrected chi connectivity index (χ1v) is 6.02. The van der Waals surface area contributed by atoms with E-state index < -0.39 is 0 Å². The quantitative estimate of drug-likeness (QED) is 0.809. The Morgan fingerprint density at radius 3 is 2.81 bits per heavy atom. The summed E-state index contributed by atoms with van der Waals surface area (Å²) >= 11 is 0. The highest BCUT2D eigenvalue weighted by Crippen LogP contribution is 2.38. The van der Waals surface area contributed by atoms with E-state index in [-0.39, 0.29) is 5.56 Å². The molecule has 2 heterocycles. The van der Waals surface area contributed by atoms with E-state index in [2.05, 4.69) is 21.9 Å². The van der Waals surface area contributed by atoms with Gasteiger partial charge >= 0.3 is 0 Å². The third kappa shape index (κ3) is 1.89. The first kappa shape index (κ1) is 10.0. The molecule has 1 aromatic rings. The zero-order valence-corrected chi connectivity index (χ0v) is 9.57. The van der Waals surface area contributed by atoms with Crippen molar-refractivity contribution >= 4 is 0 Å². The third-order valence-corrected chi connectivity index (χ3v) is 3.55. The maximum atomic E-state index is 11.6. The van der Waals surface area contributed by atoms with Gasteiger partial charge in [-0.2, -0.15) is 0 Å². The van der Waals surface area contributed by atoms with Gasteiger partial charge in [0, 0.05) is 24.4 Å². The largest absolute Gasteiger partial charge is 0.310 e. The minimum absolute atomic E-state index is 0.0152. The zero-order valence-electron chi connectivity index (χ0n) is 9.57. The topological polar surface area (TPSA) is 49.0 Å². The number of H-pyrrole nitrogens is 1. The summed E-state index contributed by atoms with van der Waals surface area (Å²) in [6.45, 7) is 2.14.